The average Bonchev–Trinajstić information content (AvgIpc) is 2.52. The molecule has 0 aliphatic heterocycles. The molecule has 2 N–H and O–H groups in total. The number of nitrogens with zero attached hydrogens (tertiary/aromatic N) is 1. The lowest BCUT2D eigenvalue weighted by Crippen LogP contribution is -2.15. The molecule has 20 heavy (non-hydrogen) atoms. The van der Waals surface area contributed by atoms with Gasteiger partial charge in [-0.1, -0.05) is 32.0 Å². The Morgan fingerprint density at radius 2 is 1.90 bits per heavy atom. The summed E-state index contributed by atoms with van der Waals surface area (Å²) in [5, 5.41) is 0. The summed E-state index contributed by atoms with van der Waals surface area (Å²) in [6.45, 7) is 4.96. The largest absolute Gasteiger partial charge is 0.494 e. The molecule has 2 aromatic rings. The van der Waals surface area contributed by atoms with E-state index in [-0.39, 0.29) is 6.04 Å². The third-order valence-corrected chi connectivity index (χ3v) is 3.31. The van der Waals surface area contributed by atoms with E-state index in [9.17, 15) is 0 Å². The van der Waals surface area contributed by atoms with E-state index in [1.807, 2.05) is 30.3 Å². The van der Waals surface area contributed by atoms with E-state index in [1.165, 1.54) is 5.56 Å². The molecule has 106 valence electrons. The van der Waals surface area contributed by atoms with Gasteiger partial charge in [-0.25, -0.2) is 0 Å². The topological polar surface area (TPSA) is 48.1 Å². The maximum atomic E-state index is 6.34. The Morgan fingerprint density at radius 1 is 1.15 bits per heavy atom. The molecule has 1 atom stereocenters. The average molecular weight is 270 g/mol. The minimum Gasteiger partial charge on any atom is -0.494 e. The molecule has 1 unspecified atom stereocenters. The molecule has 3 nitrogen and oxygen atoms in total. The number of pyridine rings is 1. The van der Waals surface area contributed by atoms with Crippen molar-refractivity contribution in [3.8, 4) is 5.75 Å². The molecule has 0 spiro atoms. The van der Waals surface area contributed by atoms with Crippen LogP contribution in [0.15, 0.2) is 42.6 Å². The molecule has 2 rings (SSSR count). The lowest BCUT2D eigenvalue weighted by Gasteiger charge is -2.15. The summed E-state index contributed by atoms with van der Waals surface area (Å²) in [6, 6.07) is 11.8. The minimum absolute atomic E-state index is 0.189. The molecule has 0 saturated carbocycles. The van der Waals surface area contributed by atoms with Crippen LogP contribution in [0.5, 0.6) is 5.75 Å². The third kappa shape index (κ3) is 3.36. The van der Waals surface area contributed by atoms with Crippen LogP contribution in [0.25, 0.3) is 0 Å². The Labute approximate surface area is 120 Å². The van der Waals surface area contributed by atoms with Crippen molar-refractivity contribution in [1.29, 1.82) is 0 Å². The summed E-state index contributed by atoms with van der Waals surface area (Å²) in [5.74, 6) is 0.888. The van der Waals surface area contributed by atoms with E-state index in [4.69, 9.17) is 10.5 Å². The molecule has 0 fully saturated rings. The van der Waals surface area contributed by atoms with Crippen molar-refractivity contribution in [2.75, 3.05) is 6.61 Å². The van der Waals surface area contributed by atoms with Gasteiger partial charge >= 0.3 is 0 Å². The standard InChI is InChI=1S/C17H22N2O/c1-3-12-20-15-9-7-14(8-10-15)16(18)17-13(4-2)6-5-11-19-17/h5-11,16H,3-4,12,18H2,1-2H3. The zero-order valence-corrected chi connectivity index (χ0v) is 12.2. The number of aryl methyl sites for hydroxylation is 1. The fourth-order valence-corrected chi connectivity index (χ4v) is 2.18. The minimum atomic E-state index is -0.189. The highest BCUT2D eigenvalue weighted by molar-refractivity contribution is 5.35. The Kier molecular flexibility index (Phi) is 5.13. The van der Waals surface area contributed by atoms with Gasteiger partial charge in [0.1, 0.15) is 5.75 Å². The first kappa shape index (κ1) is 14.5. The van der Waals surface area contributed by atoms with E-state index in [1.54, 1.807) is 6.20 Å². The van der Waals surface area contributed by atoms with Crippen LogP contribution in [0.3, 0.4) is 0 Å². The van der Waals surface area contributed by atoms with E-state index < -0.39 is 0 Å². The number of hydrogen-bond acceptors (Lipinski definition) is 3. The number of nitrogens with two attached hydrogens (primary N) is 1. The Balaban J connectivity index is 2.18. The number of aromatic nitrogens is 1. The molecule has 0 bridgehead atoms. The summed E-state index contributed by atoms with van der Waals surface area (Å²) in [6.07, 6.45) is 3.75. The van der Waals surface area contributed by atoms with Crippen molar-refractivity contribution in [2.45, 2.75) is 32.7 Å². The van der Waals surface area contributed by atoms with Crippen molar-refractivity contribution in [3.63, 3.8) is 0 Å². The molecule has 0 amide bonds. The molecule has 0 radical (unpaired) electrons. The zero-order valence-electron chi connectivity index (χ0n) is 12.2. The maximum Gasteiger partial charge on any atom is 0.119 e. The van der Waals surface area contributed by atoms with Crippen molar-refractivity contribution in [2.24, 2.45) is 5.73 Å². The van der Waals surface area contributed by atoms with Crippen LogP contribution in [-0.2, 0) is 6.42 Å². The molecule has 1 aromatic heterocycles. The quantitative estimate of drug-likeness (QED) is 0.874. The van der Waals surface area contributed by atoms with Gasteiger partial charge in [0.25, 0.3) is 0 Å². The zero-order chi connectivity index (χ0) is 14.4. The predicted octanol–water partition coefficient (Wildman–Crippen LogP) is 3.48. The Bertz CT molecular complexity index is 537. The van der Waals surface area contributed by atoms with Crippen LogP contribution in [0.2, 0.25) is 0 Å². The summed E-state index contributed by atoms with van der Waals surface area (Å²) in [4.78, 5) is 4.44. The second-order valence-corrected chi connectivity index (χ2v) is 4.80. The third-order valence-electron chi connectivity index (χ3n) is 3.31. The van der Waals surface area contributed by atoms with Gasteiger partial charge < -0.3 is 10.5 Å². The van der Waals surface area contributed by atoms with Gasteiger partial charge in [-0.3, -0.25) is 4.98 Å². The normalized spacial score (nSPS) is 12.2. The highest BCUT2D eigenvalue weighted by atomic mass is 16.5. The molecule has 3 heteroatoms. The van der Waals surface area contributed by atoms with E-state index >= 15 is 0 Å². The maximum absolute atomic E-state index is 6.34. The monoisotopic (exact) mass is 270 g/mol. The number of rotatable bonds is 6. The number of ether oxygens (including phenoxy) is 1. The van der Waals surface area contributed by atoms with Crippen LogP contribution >= 0.6 is 0 Å². The van der Waals surface area contributed by atoms with Crippen molar-refractivity contribution < 1.29 is 4.74 Å². The first-order valence-corrected chi connectivity index (χ1v) is 7.18. The van der Waals surface area contributed by atoms with Gasteiger partial charge in [0.15, 0.2) is 0 Å². The van der Waals surface area contributed by atoms with E-state index in [2.05, 4.69) is 24.9 Å². The fraction of sp³-hybridized carbons (Fsp3) is 0.353. The molecular formula is C17H22N2O. The van der Waals surface area contributed by atoms with Crippen LogP contribution < -0.4 is 10.5 Å². The molecule has 0 saturated heterocycles. The van der Waals surface area contributed by atoms with Crippen molar-refractivity contribution in [1.82, 2.24) is 4.98 Å². The number of hydrogen-bond donors (Lipinski definition) is 1. The van der Waals surface area contributed by atoms with Gasteiger partial charge in [0.05, 0.1) is 18.3 Å². The van der Waals surface area contributed by atoms with Crippen LogP contribution in [0, 0.1) is 0 Å². The molecular weight excluding hydrogens is 248 g/mol. The molecule has 1 heterocycles. The van der Waals surface area contributed by atoms with Gasteiger partial charge in [-0.05, 0) is 42.2 Å². The van der Waals surface area contributed by atoms with Crippen LogP contribution in [0.1, 0.15) is 43.1 Å². The fourth-order valence-electron chi connectivity index (χ4n) is 2.18. The Morgan fingerprint density at radius 3 is 2.55 bits per heavy atom. The highest BCUT2D eigenvalue weighted by Crippen LogP contribution is 2.23. The van der Waals surface area contributed by atoms with Crippen molar-refractivity contribution in [3.05, 3.63) is 59.4 Å². The van der Waals surface area contributed by atoms with Crippen LogP contribution in [-0.4, -0.2) is 11.6 Å². The summed E-state index contributed by atoms with van der Waals surface area (Å²) in [5.41, 5.74) is 9.55. The van der Waals surface area contributed by atoms with E-state index in [0.717, 1.165) is 36.5 Å². The second kappa shape index (κ2) is 7.06. The smallest absolute Gasteiger partial charge is 0.119 e. The molecule has 1 aromatic carbocycles. The van der Waals surface area contributed by atoms with E-state index in [0.29, 0.717) is 0 Å². The SMILES string of the molecule is CCCOc1ccc(C(N)c2ncccc2CC)cc1. The molecule has 0 aliphatic rings. The lowest BCUT2D eigenvalue weighted by atomic mass is 9.99. The Hall–Kier alpha value is -1.87. The number of benzene rings is 1. The van der Waals surface area contributed by atoms with Gasteiger partial charge in [-0.2, -0.15) is 0 Å². The van der Waals surface area contributed by atoms with Gasteiger partial charge in [-0.15, -0.1) is 0 Å². The second-order valence-electron chi connectivity index (χ2n) is 4.80. The van der Waals surface area contributed by atoms with Crippen molar-refractivity contribution >= 4 is 0 Å². The van der Waals surface area contributed by atoms with Gasteiger partial charge in [0, 0.05) is 6.20 Å². The summed E-state index contributed by atoms with van der Waals surface area (Å²) in [7, 11) is 0. The molecule has 0 aliphatic carbocycles. The summed E-state index contributed by atoms with van der Waals surface area (Å²) < 4.78 is 5.58. The van der Waals surface area contributed by atoms with Gasteiger partial charge in [0.2, 0.25) is 0 Å². The first-order valence-electron chi connectivity index (χ1n) is 7.18. The predicted molar refractivity (Wildman–Crippen MR) is 81.9 cm³/mol. The highest BCUT2D eigenvalue weighted by Gasteiger charge is 2.13. The summed E-state index contributed by atoms with van der Waals surface area (Å²) >= 11 is 0. The lowest BCUT2D eigenvalue weighted by molar-refractivity contribution is 0.317. The first-order chi connectivity index (χ1) is 9.76. The van der Waals surface area contributed by atoms with Crippen LogP contribution in [0.4, 0.5) is 0 Å².